The van der Waals surface area contributed by atoms with Gasteiger partial charge in [-0.15, -0.1) is 0 Å². The Kier molecular flexibility index (Phi) is 4.76. The molecule has 0 bridgehead atoms. The molecule has 1 saturated carbocycles. The molecule has 1 aliphatic rings. The summed E-state index contributed by atoms with van der Waals surface area (Å²) in [5, 5.41) is 3.12. The lowest BCUT2D eigenvalue weighted by atomic mass is 10.2. The van der Waals surface area contributed by atoms with Gasteiger partial charge in [-0.1, -0.05) is 0 Å². The zero-order chi connectivity index (χ0) is 12.2. The second-order valence-electron chi connectivity index (χ2n) is 5.23. The van der Waals surface area contributed by atoms with Crippen molar-refractivity contribution < 1.29 is 13.2 Å². The average Bonchev–Trinajstić information content (AvgIpc) is 2.92. The van der Waals surface area contributed by atoms with Crippen molar-refractivity contribution in [1.82, 2.24) is 5.32 Å². The van der Waals surface area contributed by atoms with E-state index in [4.69, 9.17) is 4.74 Å². The zero-order valence-electron chi connectivity index (χ0n) is 10.5. The standard InChI is InChI=1S/C11H23NO3S/c1-11(2,16(3,13)14)9-12-6-7-15-8-10-4-5-10/h10,12H,4-9H2,1-3H3. The van der Waals surface area contributed by atoms with Crippen LogP contribution in [0.2, 0.25) is 0 Å². The second-order valence-corrected chi connectivity index (χ2v) is 7.88. The summed E-state index contributed by atoms with van der Waals surface area (Å²) < 4.78 is 27.5. The Balaban J connectivity index is 2.05. The van der Waals surface area contributed by atoms with Crippen LogP contribution < -0.4 is 5.32 Å². The van der Waals surface area contributed by atoms with Crippen LogP contribution in [0.3, 0.4) is 0 Å². The quantitative estimate of drug-likeness (QED) is 0.647. The van der Waals surface area contributed by atoms with Crippen LogP contribution in [-0.2, 0) is 14.6 Å². The monoisotopic (exact) mass is 249 g/mol. The summed E-state index contributed by atoms with van der Waals surface area (Å²) in [5.41, 5.74) is 0. The number of ether oxygens (including phenoxy) is 1. The van der Waals surface area contributed by atoms with Crippen molar-refractivity contribution >= 4 is 9.84 Å². The number of rotatable bonds is 8. The molecule has 0 aromatic heterocycles. The normalized spacial score (nSPS) is 17.7. The van der Waals surface area contributed by atoms with E-state index in [0.717, 1.165) is 12.5 Å². The van der Waals surface area contributed by atoms with Crippen LogP contribution in [0.5, 0.6) is 0 Å². The van der Waals surface area contributed by atoms with Gasteiger partial charge in [-0.05, 0) is 32.6 Å². The van der Waals surface area contributed by atoms with E-state index in [1.807, 2.05) is 0 Å². The molecule has 1 fully saturated rings. The lowest BCUT2D eigenvalue weighted by molar-refractivity contribution is 0.126. The van der Waals surface area contributed by atoms with Gasteiger partial charge in [0.15, 0.2) is 9.84 Å². The molecule has 0 spiro atoms. The molecule has 0 heterocycles. The Morgan fingerprint density at radius 1 is 1.38 bits per heavy atom. The minimum Gasteiger partial charge on any atom is -0.380 e. The predicted octanol–water partition coefficient (Wildman–Crippen LogP) is 0.826. The Hall–Kier alpha value is -0.130. The molecule has 0 aliphatic heterocycles. The second kappa shape index (κ2) is 5.47. The van der Waals surface area contributed by atoms with E-state index in [1.54, 1.807) is 13.8 Å². The largest absolute Gasteiger partial charge is 0.380 e. The molecule has 0 atom stereocenters. The maximum Gasteiger partial charge on any atom is 0.153 e. The zero-order valence-corrected chi connectivity index (χ0v) is 11.3. The summed E-state index contributed by atoms with van der Waals surface area (Å²) >= 11 is 0. The van der Waals surface area contributed by atoms with Crippen molar-refractivity contribution in [3.8, 4) is 0 Å². The van der Waals surface area contributed by atoms with Crippen molar-refractivity contribution in [2.45, 2.75) is 31.4 Å². The van der Waals surface area contributed by atoms with E-state index in [-0.39, 0.29) is 0 Å². The first kappa shape index (κ1) is 13.9. The summed E-state index contributed by atoms with van der Waals surface area (Å²) in [6.07, 6.45) is 3.88. The highest BCUT2D eigenvalue weighted by atomic mass is 32.2. The van der Waals surface area contributed by atoms with Crippen molar-refractivity contribution in [3.63, 3.8) is 0 Å². The van der Waals surface area contributed by atoms with E-state index in [0.29, 0.717) is 19.7 Å². The van der Waals surface area contributed by atoms with Gasteiger partial charge in [-0.2, -0.15) is 0 Å². The van der Waals surface area contributed by atoms with Crippen LogP contribution in [0.15, 0.2) is 0 Å². The number of hydrogen-bond acceptors (Lipinski definition) is 4. The van der Waals surface area contributed by atoms with Gasteiger partial charge in [-0.25, -0.2) is 8.42 Å². The number of sulfone groups is 1. The highest BCUT2D eigenvalue weighted by Gasteiger charge is 2.29. The van der Waals surface area contributed by atoms with E-state index >= 15 is 0 Å². The lowest BCUT2D eigenvalue weighted by Gasteiger charge is -2.22. The first-order chi connectivity index (χ1) is 7.33. The summed E-state index contributed by atoms with van der Waals surface area (Å²) in [5.74, 6) is 0.785. The molecular formula is C11H23NO3S. The van der Waals surface area contributed by atoms with Crippen LogP contribution >= 0.6 is 0 Å². The molecule has 5 heteroatoms. The fraction of sp³-hybridized carbons (Fsp3) is 1.00. The lowest BCUT2D eigenvalue weighted by Crippen LogP contribution is -2.42. The van der Waals surface area contributed by atoms with Crippen molar-refractivity contribution in [1.29, 1.82) is 0 Å². The minimum atomic E-state index is -3.00. The highest BCUT2D eigenvalue weighted by molar-refractivity contribution is 7.92. The maximum atomic E-state index is 11.4. The van der Waals surface area contributed by atoms with Gasteiger partial charge in [0.1, 0.15) is 0 Å². The van der Waals surface area contributed by atoms with Crippen molar-refractivity contribution in [2.75, 3.05) is 32.6 Å². The summed E-state index contributed by atoms with van der Waals surface area (Å²) in [7, 11) is -3.00. The first-order valence-electron chi connectivity index (χ1n) is 5.81. The first-order valence-corrected chi connectivity index (χ1v) is 7.70. The van der Waals surface area contributed by atoms with E-state index in [9.17, 15) is 8.42 Å². The number of nitrogens with one attached hydrogen (secondary N) is 1. The van der Waals surface area contributed by atoms with Crippen LogP contribution in [0.4, 0.5) is 0 Å². The van der Waals surface area contributed by atoms with Crippen molar-refractivity contribution in [3.05, 3.63) is 0 Å². The molecule has 4 nitrogen and oxygen atoms in total. The topological polar surface area (TPSA) is 55.4 Å². The molecule has 1 N–H and O–H groups in total. The Morgan fingerprint density at radius 3 is 2.50 bits per heavy atom. The molecule has 0 radical (unpaired) electrons. The molecule has 96 valence electrons. The third kappa shape index (κ3) is 4.80. The van der Waals surface area contributed by atoms with Gasteiger partial charge in [-0.3, -0.25) is 0 Å². The van der Waals surface area contributed by atoms with Gasteiger partial charge < -0.3 is 10.1 Å². The van der Waals surface area contributed by atoms with Crippen LogP contribution in [0.25, 0.3) is 0 Å². The van der Waals surface area contributed by atoms with Crippen LogP contribution in [0, 0.1) is 5.92 Å². The summed E-state index contributed by atoms with van der Waals surface area (Å²) in [4.78, 5) is 0. The Morgan fingerprint density at radius 2 is 2.00 bits per heavy atom. The molecule has 1 rings (SSSR count). The van der Waals surface area contributed by atoms with E-state index in [1.165, 1.54) is 19.1 Å². The van der Waals surface area contributed by atoms with Crippen LogP contribution in [-0.4, -0.2) is 45.7 Å². The van der Waals surface area contributed by atoms with E-state index < -0.39 is 14.6 Å². The summed E-state index contributed by atoms with van der Waals surface area (Å²) in [6, 6.07) is 0. The smallest absolute Gasteiger partial charge is 0.153 e. The van der Waals surface area contributed by atoms with Gasteiger partial charge in [0.2, 0.25) is 0 Å². The molecule has 0 aromatic carbocycles. The molecule has 0 saturated heterocycles. The molecule has 0 amide bonds. The summed E-state index contributed by atoms with van der Waals surface area (Å²) in [6.45, 7) is 6.18. The maximum absolute atomic E-state index is 11.4. The Labute approximate surface area is 98.7 Å². The fourth-order valence-corrected chi connectivity index (χ4v) is 1.56. The number of hydrogen-bond donors (Lipinski definition) is 1. The predicted molar refractivity (Wildman–Crippen MR) is 65.3 cm³/mol. The Bertz CT molecular complexity index is 307. The third-order valence-electron chi connectivity index (χ3n) is 3.03. The molecule has 0 unspecified atom stereocenters. The average molecular weight is 249 g/mol. The molecule has 1 aliphatic carbocycles. The van der Waals surface area contributed by atoms with E-state index in [2.05, 4.69) is 5.32 Å². The highest BCUT2D eigenvalue weighted by Crippen LogP contribution is 2.28. The molecule has 0 aromatic rings. The minimum absolute atomic E-state index is 0.471. The fourth-order valence-electron chi connectivity index (χ4n) is 1.20. The van der Waals surface area contributed by atoms with Gasteiger partial charge in [0, 0.05) is 26.0 Å². The third-order valence-corrected chi connectivity index (χ3v) is 5.18. The SMILES string of the molecule is CC(C)(CNCCOCC1CC1)S(C)(=O)=O. The van der Waals surface area contributed by atoms with Gasteiger partial charge in [0.25, 0.3) is 0 Å². The molecular weight excluding hydrogens is 226 g/mol. The van der Waals surface area contributed by atoms with Crippen molar-refractivity contribution in [2.24, 2.45) is 5.92 Å². The van der Waals surface area contributed by atoms with Gasteiger partial charge in [0.05, 0.1) is 11.4 Å². The van der Waals surface area contributed by atoms with Crippen LogP contribution in [0.1, 0.15) is 26.7 Å². The van der Waals surface area contributed by atoms with Gasteiger partial charge >= 0.3 is 0 Å². The molecule has 16 heavy (non-hydrogen) atoms.